The molecule has 3 N–H and O–H groups in total. The second kappa shape index (κ2) is 7.70. The van der Waals surface area contributed by atoms with Gasteiger partial charge in [0.1, 0.15) is 11.5 Å². The van der Waals surface area contributed by atoms with E-state index in [-0.39, 0.29) is 17.9 Å². The minimum Gasteiger partial charge on any atom is -0.497 e. The number of nitrogens with two attached hydrogens (primary N) is 1. The maximum atomic E-state index is 12.0. The first-order valence-electron chi connectivity index (χ1n) is 7.07. The molecule has 0 aromatic heterocycles. The van der Waals surface area contributed by atoms with Crippen molar-refractivity contribution in [3.63, 3.8) is 0 Å². The summed E-state index contributed by atoms with van der Waals surface area (Å²) in [6.45, 7) is 1.59. The first-order valence-corrected chi connectivity index (χ1v) is 7.45. The summed E-state index contributed by atoms with van der Waals surface area (Å²) in [6.07, 6.45) is 0. The van der Waals surface area contributed by atoms with Crippen molar-refractivity contribution in [3.8, 4) is 11.5 Å². The number of aryl methyl sites for hydroxylation is 1. The zero-order chi connectivity index (χ0) is 17.7. The van der Waals surface area contributed by atoms with Gasteiger partial charge in [-0.25, -0.2) is 0 Å². The Morgan fingerprint density at radius 1 is 1.21 bits per heavy atom. The lowest BCUT2D eigenvalue weighted by atomic mass is 10.2. The van der Waals surface area contributed by atoms with E-state index in [0.29, 0.717) is 16.5 Å². The Morgan fingerprint density at radius 3 is 2.58 bits per heavy atom. The van der Waals surface area contributed by atoms with Crippen LogP contribution in [-0.4, -0.2) is 25.5 Å². The molecule has 2 amide bonds. The largest absolute Gasteiger partial charge is 0.497 e. The average molecular weight is 349 g/mol. The lowest BCUT2D eigenvalue weighted by Gasteiger charge is -2.12. The highest BCUT2D eigenvalue weighted by atomic mass is 35.5. The highest BCUT2D eigenvalue weighted by Crippen LogP contribution is 2.25. The van der Waals surface area contributed by atoms with E-state index in [4.69, 9.17) is 26.8 Å². The zero-order valence-electron chi connectivity index (χ0n) is 13.3. The molecule has 0 spiro atoms. The zero-order valence-corrected chi connectivity index (χ0v) is 14.0. The fraction of sp³-hybridized carbons (Fsp3) is 0.176. The number of hydrogen-bond donors (Lipinski definition) is 2. The van der Waals surface area contributed by atoms with Gasteiger partial charge in [0.25, 0.3) is 11.8 Å². The van der Waals surface area contributed by atoms with E-state index < -0.39 is 11.8 Å². The summed E-state index contributed by atoms with van der Waals surface area (Å²) in [6, 6.07) is 9.83. The molecular formula is C17H17ClN2O4. The van der Waals surface area contributed by atoms with E-state index in [1.54, 1.807) is 18.2 Å². The van der Waals surface area contributed by atoms with E-state index in [2.05, 4.69) is 5.32 Å². The Labute approximate surface area is 144 Å². The van der Waals surface area contributed by atoms with Gasteiger partial charge in [-0.3, -0.25) is 9.59 Å². The number of benzene rings is 2. The minimum absolute atomic E-state index is 0.164. The summed E-state index contributed by atoms with van der Waals surface area (Å²) in [5, 5.41) is 3.07. The molecule has 0 aliphatic carbocycles. The van der Waals surface area contributed by atoms with Crippen LogP contribution in [0.25, 0.3) is 0 Å². The van der Waals surface area contributed by atoms with Crippen LogP contribution in [0.2, 0.25) is 5.02 Å². The number of rotatable bonds is 6. The number of nitrogens with one attached hydrogen (secondary N) is 1. The predicted molar refractivity (Wildman–Crippen MR) is 91.8 cm³/mol. The molecule has 0 saturated carbocycles. The average Bonchev–Trinajstić information content (AvgIpc) is 2.55. The molecule has 0 heterocycles. The van der Waals surface area contributed by atoms with Gasteiger partial charge < -0.3 is 20.5 Å². The molecule has 126 valence electrons. The van der Waals surface area contributed by atoms with Gasteiger partial charge in [-0.2, -0.15) is 0 Å². The van der Waals surface area contributed by atoms with Gasteiger partial charge in [0.2, 0.25) is 0 Å². The summed E-state index contributed by atoms with van der Waals surface area (Å²) in [7, 11) is 1.48. The first-order chi connectivity index (χ1) is 11.4. The van der Waals surface area contributed by atoms with Crippen LogP contribution >= 0.6 is 11.6 Å². The lowest BCUT2D eigenvalue weighted by Crippen LogP contribution is -2.22. The molecule has 7 heteroatoms. The van der Waals surface area contributed by atoms with Gasteiger partial charge >= 0.3 is 0 Å². The third kappa shape index (κ3) is 4.39. The number of amides is 2. The Bertz CT molecular complexity index is 777. The van der Waals surface area contributed by atoms with Crippen molar-refractivity contribution in [1.29, 1.82) is 0 Å². The van der Waals surface area contributed by atoms with Crippen molar-refractivity contribution in [2.24, 2.45) is 5.73 Å². The topological polar surface area (TPSA) is 90.7 Å². The van der Waals surface area contributed by atoms with Crippen LogP contribution in [0.5, 0.6) is 11.5 Å². The molecule has 0 saturated heterocycles. The number of primary amides is 1. The maximum absolute atomic E-state index is 12.0. The SMILES string of the molecule is COc1ccc(C(N)=O)c(OCC(=O)Nc2ccc(C)cc2Cl)c1. The number of carbonyl (C=O) groups is 2. The number of ether oxygens (including phenoxy) is 2. The number of methoxy groups -OCH3 is 1. The summed E-state index contributed by atoms with van der Waals surface area (Å²) < 4.78 is 10.5. The number of halogens is 1. The Morgan fingerprint density at radius 2 is 1.96 bits per heavy atom. The molecule has 0 aliphatic rings. The van der Waals surface area contributed by atoms with Gasteiger partial charge in [-0.15, -0.1) is 0 Å². The van der Waals surface area contributed by atoms with Crippen molar-refractivity contribution in [2.75, 3.05) is 19.0 Å². The van der Waals surface area contributed by atoms with Gasteiger partial charge in [0, 0.05) is 6.07 Å². The van der Waals surface area contributed by atoms with E-state index >= 15 is 0 Å². The van der Waals surface area contributed by atoms with Crippen molar-refractivity contribution >= 4 is 29.1 Å². The number of anilines is 1. The summed E-state index contributed by atoms with van der Waals surface area (Å²) >= 11 is 6.06. The smallest absolute Gasteiger partial charge is 0.262 e. The minimum atomic E-state index is -0.658. The second-order valence-electron chi connectivity index (χ2n) is 5.05. The standard InChI is InChI=1S/C17H17ClN2O4/c1-10-3-6-14(13(18)7-10)20-16(21)9-24-15-8-11(23-2)4-5-12(15)17(19)22/h3-8H,9H2,1-2H3,(H2,19,22)(H,20,21). The van der Waals surface area contributed by atoms with E-state index in [1.807, 2.05) is 13.0 Å². The molecule has 0 bridgehead atoms. The van der Waals surface area contributed by atoms with Crippen molar-refractivity contribution in [2.45, 2.75) is 6.92 Å². The van der Waals surface area contributed by atoms with Crippen LogP contribution in [0.3, 0.4) is 0 Å². The van der Waals surface area contributed by atoms with Gasteiger partial charge in [0.05, 0.1) is 23.4 Å². The third-order valence-electron chi connectivity index (χ3n) is 3.21. The third-order valence-corrected chi connectivity index (χ3v) is 3.52. The van der Waals surface area contributed by atoms with Crippen molar-refractivity contribution < 1.29 is 19.1 Å². The molecule has 6 nitrogen and oxygen atoms in total. The Kier molecular flexibility index (Phi) is 5.65. The highest BCUT2D eigenvalue weighted by Gasteiger charge is 2.13. The molecule has 0 aliphatic heterocycles. The molecule has 2 rings (SSSR count). The first kappa shape index (κ1) is 17.6. The molecule has 0 atom stereocenters. The van der Waals surface area contributed by atoms with Gasteiger partial charge in [-0.05, 0) is 36.8 Å². The van der Waals surface area contributed by atoms with Crippen molar-refractivity contribution in [1.82, 2.24) is 0 Å². The van der Waals surface area contributed by atoms with E-state index in [0.717, 1.165) is 5.56 Å². The Balaban J connectivity index is 2.07. The van der Waals surface area contributed by atoms with Crippen LogP contribution in [0, 0.1) is 6.92 Å². The monoisotopic (exact) mass is 348 g/mol. The summed E-state index contributed by atoms with van der Waals surface area (Å²) in [4.78, 5) is 23.4. The predicted octanol–water partition coefficient (Wildman–Crippen LogP) is 2.77. The van der Waals surface area contributed by atoms with Crippen molar-refractivity contribution in [3.05, 3.63) is 52.5 Å². The van der Waals surface area contributed by atoms with E-state index in [9.17, 15) is 9.59 Å². The highest BCUT2D eigenvalue weighted by molar-refractivity contribution is 6.33. The number of carbonyl (C=O) groups excluding carboxylic acids is 2. The summed E-state index contributed by atoms with van der Waals surface area (Å²) in [5.74, 6) is -0.419. The van der Waals surface area contributed by atoms with Gasteiger partial charge in [-0.1, -0.05) is 17.7 Å². The normalized spacial score (nSPS) is 10.1. The van der Waals surface area contributed by atoms with Crippen LogP contribution in [0.1, 0.15) is 15.9 Å². The molecule has 0 radical (unpaired) electrons. The Hall–Kier alpha value is -2.73. The van der Waals surface area contributed by atoms with Crippen LogP contribution in [0.4, 0.5) is 5.69 Å². The second-order valence-corrected chi connectivity index (χ2v) is 5.45. The molecular weight excluding hydrogens is 332 g/mol. The molecule has 2 aromatic carbocycles. The quantitative estimate of drug-likeness (QED) is 0.839. The summed E-state index contributed by atoms with van der Waals surface area (Å²) in [5.41, 5.74) is 6.92. The fourth-order valence-electron chi connectivity index (χ4n) is 2.00. The molecule has 2 aromatic rings. The molecule has 0 fully saturated rings. The maximum Gasteiger partial charge on any atom is 0.262 e. The molecule has 24 heavy (non-hydrogen) atoms. The van der Waals surface area contributed by atoms with Gasteiger partial charge in [0.15, 0.2) is 6.61 Å². The van der Waals surface area contributed by atoms with Crippen LogP contribution in [-0.2, 0) is 4.79 Å². The number of hydrogen-bond acceptors (Lipinski definition) is 4. The van der Waals surface area contributed by atoms with Crippen LogP contribution < -0.4 is 20.5 Å². The fourth-order valence-corrected chi connectivity index (χ4v) is 2.29. The molecule has 0 unspecified atom stereocenters. The van der Waals surface area contributed by atoms with Crippen LogP contribution in [0.15, 0.2) is 36.4 Å². The lowest BCUT2D eigenvalue weighted by molar-refractivity contribution is -0.118. The van der Waals surface area contributed by atoms with E-state index in [1.165, 1.54) is 19.2 Å².